The van der Waals surface area contributed by atoms with Crippen LogP contribution in [0.5, 0.6) is 17.2 Å². The SMILES string of the molecule is COc1cc(OC)c(F)c(C(=O)N2CCC(c3ccc(NC(=O)Cc4ccc(F)cc4OC)cc3)CC2)c1. The van der Waals surface area contributed by atoms with Crippen molar-refractivity contribution >= 4 is 17.5 Å². The molecule has 3 aromatic carbocycles. The van der Waals surface area contributed by atoms with E-state index in [9.17, 15) is 18.4 Å². The van der Waals surface area contributed by atoms with Gasteiger partial charge in [-0.2, -0.15) is 0 Å². The molecule has 200 valence electrons. The number of halogens is 2. The van der Waals surface area contributed by atoms with Gasteiger partial charge in [0.15, 0.2) is 11.6 Å². The topological polar surface area (TPSA) is 77.1 Å². The molecule has 0 atom stereocenters. The van der Waals surface area contributed by atoms with Crippen LogP contribution in [0.4, 0.5) is 14.5 Å². The molecule has 0 unspecified atom stereocenters. The Morgan fingerprint density at radius 1 is 0.895 bits per heavy atom. The van der Waals surface area contributed by atoms with Gasteiger partial charge in [-0.1, -0.05) is 18.2 Å². The first-order valence-corrected chi connectivity index (χ1v) is 12.3. The van der Waals surface area contributed by atoms with E-state index in [1.54, 1.807) is 4.90 Å². The quantitative estimate of drug-likeness (QED) is 0.439. The van der Waals surface area contributed by atoms with Gasteiger partial charge in [0, 0.05) is 36.5 Å². The van der Waals surface area contributed by atoms with Crippen molar-refractivity contribution in [1.82, 2.24) is 4.90 Å². The second kappa shape index (κ2) is 11.9. The molecule has 3 aromatic rings. The maximum absolute atomic E-state index is 14.8. The van der Waals surface area contributed by atoms with E-state index in [1.807, 2.05) is 24.3 Å². The summed E-state index contributed by atoms with van der Waals surface area (Å²) in [6.45, 7) is 0.973. The molecule has 1 heterocycles. The standard InChI is InChI=1S/C29H30F2N2O5/c1-36-23-16-24(28(31)26(17-23)38-3)29(35)33-12-10-19(11-13-33)18-5-8-22(9-6-18)32-27(34)14-20-4-7-21(30)15-25(20)37-2/h4-9,15-17,19H,10-14H2,1-3H3,(H,32,34). The molecule has 2 amide bonds. The van der Waals surface area contributed by atoms with Gasteiger partial charge in [0.1, 0.15) is 17.3 Å². The summed E-state index contributed by atoms with van der Waals surface area (Å²) in [7, 11) is 4.23. The molecule has 4 rings (SSSR count). The third-order valence-electron chi connectivity index (χ3n) is 6.75. The Kier molecular flexibility index (Phi) is 8.45. The molecule has 0 aromatic heterocycles. The highest BCUT2D eigenvalue weighted by Gasteiger charge is 2.28. The van der Waals surface area contributed by atoms with Crippen LogP contribution in [0.25, 0.3) is 0 Å². The Morgan fingerprint density at radius 3 is 2.21 bits per heavy atom. The molecule has 0 radical (unpaired) electrons. The molecular weight excluding hydrogens is 494 g/mol. The van der Waals surface area contributed by atoms with Gasteiger partial charge in [-0.15, -0.1) is 0 Å². The van der Waals surface area contributed by atoms with Crippen molar-refractivity contribution in [2.24, 2.45) is 0 Å². The van der Waals surface area contributed by atoms with Crippen molar-refractivity contribution in [2.75, 3.05) is 39.7 Å². The molecule has 0 aliphatic carbocycles. The van der Waals surface area contributed by atoms with Gasteiger partial charge in [0.05, 0.1) is 33.3 Å². The van der Waals surface area contributed by atoms with Crippen LogP contribution in [-0.4, -0.2) is 51.1 Å². The highest BCUT2D eigenvalue weighted by molar-refractivity contribution is 5.95. The zero-order valence-electron chi connectivity index (χ0n) is 21.6. The van der Waals surface area contributed by atoms with E-state index in [1.165, 1.54) is 51.7 Å². The van der Waals surface area contributed by atoms with Crippen LogP contribution in [0.2, 0.25) is 0 Å². The number of hydrogen-bond acceptors (Lipinski definition) is 5. The molecule has 7 nitrogen and oxygen atoms in total. The van der Waals surface area contributed by atoms with E-state index in [4.69, 9.17) is 14.2 Å². The Balaban J connectivity index is 1.34. The number of amides is 2. The Hall–Kier alpha value is -4.14. The number of hydrogen-bond donors (Lipinski definition) is 1. The van der Waals surface area contributed by atoms with Crippen LogP contribution in [-0.2, 0) is 11.2 Å². The minimum absolute atomic E-state index is 0.0356. The monoisotopic (exact) mass is 524 g/mol. The third kappa shape index (κ3) is 6.04. The number of methoxy groups -OCH3 is 3. The van der Waals surface area contributed by atoms with Crippen molar-refractivity contribution < 1.29 is 32.6 Å². The summed E-state index contributed by atoms with van der Waals surface area (Å²) in [5.74, 6) is -0.882. The third-order valence-corrected chi connectivity index (χ3v) is 6.75. The van der Waals surface area contributed by atoms with Gasteiger partial charge >= 0.3 is 0 Å². The second-order valence-electron chi connectivity index (χ2n) is 9.06. The average Bonchev–Trinajstić information content (AvgIpc) is 2.94. The molecule has 1 saturated heterocycles. The van der Waals surface area contributed by atoms with Crippen LogP contribution in [0.3, 0.4) is 0 Å². The molecule has 1 aliphatic heterocycles. The van der Waals surface area contributed by atoms with Gasteiger partial charge in [-0.25, -0.2) is 8.78 Å². The Morgan fingerprint density at radius 2 is 1.58 bits per heavy atom. The summed E-state index contributed by atoms with van der Waals surface area (Å²) in [6.07, 6.45) is 1.51. The first-order chi connectivity index (χ1) is 18.3. The number of carbonyl (C=O) groups is 2. The van der Waals surface area contributed by atoms with Gasteiger partial charge < -0.3 is 24.4 Å². The summed E-state index contributed by atoms with van der Waals surface area (Å²) < 4.78 is 43.5. The maximum atomic E-state index is 14.8. The zero-order valence-corrected chi connectivity index (χ0v) is 21.6. The number of carbonyl (C=O) groups excluding carboxylic acids is 2. The van der Waals surface area contributed by atoms with Crippen LogP contribution < -0.4 is 19.5 Å². The molecule has 0 spiro atoms. The van der Waals surface area contributed by atoms with Crippen LogP contribution in [0, 0.1) is 11.6 Å². The molecular formula is C29H30F2N2O5. The maximum Gasteiger partial charge on any atom is 0.257 e. The lowest BCUT2D eigenvalue weighted by Gasteiger charge is -2.32. The minimum atomic E-state index is -0.698. The highest BCUT2D eigenvalue weighted by Crippen LogP contribution is 2.32. The lowest BCUT2D eigenvalue weighted by Crippen LogP contribution is -2.38. The van der Waals surface area contributed by atoms with E-state index in [2.05, 4.69) is 5.32 Å². The highest BCUT2D eigenvalue weighted by atomic mass is 19.1. The van der Waals surface area contributed by atoms with Gasteiger partial charge in [0.25, 0.3) is 5.91 Å². The summed E-state index contributed by atoms with van der Waals surface area (Å²) in [5, 5.41) is 2.85. The van der Waals surface area contributed by atoms with Crippen molar-refractivity contribution in [3.8, 4) is 17.2 Å². The van der Waals surface area contributed by atoms with Crippen LogP contribution >= 0.6 is 0 Å². The fourth-order valence-corrected chi connectivity index (χ4v) is 4.66. The molecule has 0 saturated carbocycles. The summed E-state index contributed by atoms with van der Waals surface area (Å²) >= 11 is 0. The number of piperidine rings is 1. The largest absolute Gasteiger partial charge is 0.497 e. The molecule has 9 heteroatoms. The zero-order chi connectivity index (χ0) is 27.2. The predicted molar refractivity (Wildman–Crippen MR) is 139 cm³/mol. The van der Waals surface area contributed by atoms with E-state index in [0.717, 1.165) is 18.4 Å². The van der Waals surface area contributed by atoms with Crippen molar-refractivity contribution in [2.45, 2.75) is 25.2 Å². The van der Waals surface area contributed by atoms with Gasteiger partial charge in [-0.3, -0.25) is 9.59 Å². The number of nitrogens with zero attached hydrogens (tertiary/aromatic N) is 1. The molecule has 1 fully saturated rings. The molecule has 1 N–H and O–H groups in total. The lowest BCUT2D eigenvalue weighted by molar-refractivity contribution is -0.115. The number of rotatable bonds is 8. The number of nitrogens with one attached hydrogen (secondary N) is 1. The van der Waals surface area contributed by atoms with Gasteiger partial charge in [0.2, 0.25) is 5.91 Å². The molecule has 0 bridgehead atoms. The summed E-state index contributed by atoms with van der Waals surface area (Å²) in [4.78, 5) is 27.2. The van der Waals surface area contributed by atoms with E-state index < -0.39 is 17.5 Å². The van der Waals surface area contributed by atoms with E-state index in [-0.39, 0.29) is 29.6 Å². The fraction of sp³-hybridized carbons (Fsp3) is 0.310. The second-order valence-corrected chi connectivity index (χ2v) is 9.06. The number of likely N-dealkylation sites (tertiary alicyclic amines) is 1. The molecule has 1 aliphatic rings. The minimum Gasteiger partial charge on any atom is -0.497 e. The van der Waals surface area contributed by atoms with Crippen molar-refractivity contribution in [1.29, 1.82) is 0 Å². The Labute approximate surface area is 220 Å². The number of anilines is 1. The van der Waals surface area contributed by atoms with Gasteiger partial charge in [-0.05, 0) is 48.6 Å². The molecule has 38 heavy (non-hydrogen) atoms. The number of ether oxygens (including phenoxy) is 3. The first kappa shape index (κ1) is 26.9. The van der Waals surface area contributed by atoms with Crippen molar-refractivity contribution in [3.63, 3.8) is 0 Å². The van der Waals surface area contributed by atoms with E-state index in [0.29, 0.717) is 35.8 Å². The average molecular weight is 525 g/mol. The first-order valence-electron chi connectivity index (χ1n) is 12.3. The van der Waals surface area contributed by atoms with Crippen LogP contribution in [0.15, 0.2) is 54.6 Å². The Bertz CT molecular complexity index is 1310. The van der Waals surface area contributed by atoms with Crippen molar-refractivity contribution in [3.05, 3.63) is 82.9 Å². The van der Waals surface area contributed by atoms with Crippen LogP contribution in [0.1, 0.15) is 40.2 Å². The predicted octanol–water partition coefficient (Wildman–Crippen LogP) is 5.19. The summed E-state index contributed by atoms with van der Waals surface area (Å²) in [5.41, 5.74) is 2.27. The summed E-state index contributed by atoms with van der Waals surface area (Å²) in [6, 6.07) is 14.5. The lowest BCUT2D eigenvalue weighted by atomic mass is 9.89. The van der Waals surface area contributed by atoms with E-state index >= 15 is 0 Å². The smallest absolute Gasteiger partial charge is 0.257 e. The fourth-order valence-electron chi connectivity index (χ4n) is 4.66. The number of benzene rings is 3. The normalized spacial score (nSPS) is 13.7.